The molecule has 1 fully saturated rings. The van der Waals surface area contributed by atoms with Gasteiger partial charge in [0, 0.05) is 40.7 Å². The number of thioether (sulfide) groups is 1. The van der Waals surface area contributed by atoms with Crippen LogP contribution in [0.5, 0.6) is 0 Å². The maximum absolute atomic E-state index is 13.0. The maximum atomic E-state index is 13.0. The summed E-state index contributed by atoms with van der Waals surface area (Å²) in [5, 5.41) is 9.69. The Balaban J connectivity index is 1.92. The molecule has 3 rings (SSSR count). The van der Waals surface area contributed by atoms with Crippen molar-refractivity contribution >= 4 is 34.3 Å². The highest BCUT2D eigenvalue weighted by Gasteiger charge is 2.33. The summed E-state index contributed by atoms with van der Waals surface area (Å²) < 4.78 is 38.2. The van der Waals surface area contributed by atoms with Crippen molar-refractivity contribution in [2.75, 3.05) is 30.7 Å². The summed E-state index contributed by atoms with van der Waals surface area (Å²) in [7, 11) is 0. The molecule has 182 valence electrons. The molecule has 1 saturated heterocycles. The number of rotatable bonds is 5. The highest BCUT2D eigenvalue weighted by atomic mass is 32.2. The fourth-order valence-corrected chi connectivity index (χ4v) is 5.09. The number of alkyl halides is 3. The Labute approximate surface area is 197 Å². The quantitative estimate of drug-likeness (QED) is 0.558. The normalized spacial score (nSPS) is 18.9. The molecular weight excluding hydrogens is 449 g/mol. The first-order chi connectivity index (χ1) is 15.2. The van der Waals surface area contributed by atoms with Crippen molar-refractivity contribution in [1.29, 1.82) is 0 Å². The van der Waals surface area contributed by atoms with Crippen molar-refractivity contribution in [2.45, 2.75) is 63.9 Å². The van der Waals surface area contributed by atoms with Crippen molar-refractivity contribution in [2.24, 2.45) is 0 Å². The molecule has 0 aliphatic carbocycles. The third kappa shape index (κ3) is 6.32. The van der Waals surface area contributed by atoms with E-state index in [1.807, 2.05) is 39.5 Å². The molecule has 1 aliphatic rings. The summed E-state index contributed by atoms with van der Waals surface area (Å²) >= 11 is 1.89. The summed E-state index contributed by atoms with van der Waals surface area (Å²) in [6, 6.07) is 5.22. The fraction of sp³-hybridized carbons (Fsp3) is 0.583. The molecule has 1 aliphatic heterocycles. The van der Waals surface area contributed by atoms with Gasteiger partial charge in [0.15, 0.2) is 0 Å². The van der Waals surface area contributed by atoms with Gasteiger partial charge in [-0.2, -0.15) is 24.9 Å². The molecule has 33 heavy (non-hydrogen) atoms. The molecule has 5 nitrogen and oxygen atoms in total. The minimum absolute atomic E-state index is 0.0114. The zero-order valence-corrected chi connectivity index (χ0v) is 20.9. The number of aromatic nitrogens is 1. The van der Waals surface area contributed by atoms with E-state index in [1.165, 1.54) is 0 Å². The molecular formula is C24H33F3N4OS. The Morgan fingerprint density at radius 2 is 1.94 bits per heavy atom. The second-order valence-electron chi connectivity index (χ2n) is 10.1. The van der Waals surface area contributed by atoms with Crippen LogP contribution in [0.25, 0.3) is 10.9 Å². The Morgan fingerprint density at radius 1 is 1.24 bits per heavy atom. The molecule has 9 heteroatoms. The summed E-state index contributed by atoms with van der Waals surface area (Å²) in [5.74, 6) is 0.783. The van der Waals surface area contributed by atoms with Crippen LogP contribution in [-0.4, -0.2) is 53.2 Å². The van der Waals surface area contributed by atoms with Gasteiger partial charge in [0.2, 0.25) is 0 Å². The lowest BCUT2D eigenvalue weighted by molar-refractivity contribution is -0.115. The third-order valence-corrected chi connectivity index (χ3v) is 7.36. The summed E-state index contributed by atoms with van der Waals surface area (Å²) in [4.78, 5) is 17.7. The lowest BCUT2D eigenvalue weighted by Crippen LogP contribution is -2.55. The third-order valence-electron chi connectivity index (χ3n) is 5.93. The Kier molecular flexibility index (Phi) is 7.24. The van der Waals surface area contributed by atoms with Crippen LogP contribution in [0, 0.1) is 6.92 Å². The van der Waals surface area contributed by atoms with Crippen LogP contribution in [0.3, 0.4) is 0 Å². The Hall–Kier alpha value is -2.00. The van der Waals surface area contributed by atoms with Gasteiger partial charge in [-0.25, -0.2) is 4.98 Å². The smallest absolute Gasteiger partial charge is 0.376 e. The average Bonchev–Trinajstić information content (AvgIpc) is 2.69. The zero-order valence-electron chi connectivity index (χ0n) is 20.0. The molecule has 1 amide bonds. The van der Waals surface area contributed by atoms with Gasteiger partial charge in [0.1, 0.15) is 12.2 Å². The minimum Gasteiger partial charge on any atom is -0.376 e. The number of fused-ring (bicyclic) bond motifs is 1. The number of benzene rings is 1. The topological polar surface area (TPSA) is 66.0 Å². The Morgan fingerprint density at radius 3 is 2.55 bits per heavy atom. The van der Waals surface area contributed by atoms with Gasteiger partial charge in [0.05, 0.1) is 5.52 Å². The molecule has 0 saturated carbocycles. The summed E-state index contributed by atoms with van der Waals surface area (Å²) in [6.45, 7) is 12.4. The number of nitrogens with zero attached hydrogens (tertiary/aromatic N) is 1. The Bertz CT molecular complexity index is 1030. The molecule has 0 radical (unpaired) electrons. The number of pyridine rings is 1. The van der Waals surface area contributed by atoms with E-state index in [1.54, 1.807) is 18.2 Å². The second kappa shape index (κ2) is 9.33. The van der Waals surface area contributed by atoms with Crippen LogP contribution in [0.4, 0.5) is 18.9 Å². The molecule has 2 heterocycles. The predicted molar refractivity (Wildman–Crippen MR) is 130 cm³/mol. The summed E-state index contributed by atoms with van der Waals surface area (Å²) in [6.07, 6.45) is -4.31. The number of anilines is 1. The molecule has 2 aromatic rings. The van der Waals surface area contributed by atoms with E-state index in [-0.39, 0.29) is 22.1 Å². The molecule has 0 bridgehead atoms. The predicted octanol–water partition coefficient (Wildman–Crippen LogP) is 5.03. The van der Waals surface area contributed by atoms with Gasteiger partial charge >= 0.3 is 6.18 Å². The van der Waals surface area contributed by atoms with Gasteiger partial charge < -0.3 is 16.0 Å². The van der Waals surface area contributed by atoms with Gasteiger partial charge in [-0.15, -0.1) is 0 Å². The van der Waals surface area contributed by atoms with E-state index in [0.717, 1.165) is 28.8 Å². The highest BCUT2D eigenvalue weighted by Crippen LogP contribution is 2.34. The van der Waals surface area contributed by atoms with E-state index in [2.05, 4.69) is 34.8 Å². The number of amides is 1. The highest BCUT2D eigenvalue weighted by molar-refractivity contribution is 8.00. The minimum atomic E-state index is -4.31. The van der Waals surface area contributed by atoms with Crippen molar-refractivity contribution in [1.82, 2.24) is 15.6 Å². The maximum Gasteiger partial charge on any atom is 0.405 e. The van der Waals surface area contributed by atoms with Crippen LogP contribution in [-0.2, 0) is 5.41 Å². The number of carbonyl (C=O) groups is 1. The zero-order chi connectivity index (χ0) is 24.6. The number of halogens is 3. The van der Waals surface area contributed by atoms with Crippen molar-refractivity contribution in [3.8, 4) is 0 Å². The fourth-order valence-electron chi connectivity index (χ4n) is 3.98. The lowest BCUT2D eigenvalue weighted by Gasteiger charge is -2.38. The lowest BCUT2D eigenvalue weighted by atomic mass is 9.84. The molecule has 0 spiro atoms. The monoisotopic (exact) mass is 482 g/mol. The second-order valence-corrected chi connectivity index (χ2v) is 11.9. The van der Waals surface area contributed by atoms with Crippen molar-refractivity contribution in [3.63, 3.8) is 0 Å². The van der Waals surface area contributed by atoms with E-state index in [0.29, 0.717) is 23.4 Å². The molecule has 3 N–H and O–H groups in total. The summed E-state index contributed by atoms with van der Waals surface area (Å²) in [5.41, 5.74) is 2.53. The van der Waals surface area contributed by atoms with Crippen LogP contribution in [0.1, 0.15) is 56.2 Å². The SMILES string of the molecule is Cc1cc(C(=O)NC[C@H]2NCCSC2(C)C)nc2c(C(C)(C)C)cc(NCC(F)(F)F)cc12. The number of hydrogen-bond donors (Lipinski definition) is 3. The van der Waals surface area contributed by atoms with E-state index in [9.17, 15) is 18.0 Å². The van der Waals surface area contributed by atoms with Crippen LogP contribution >= 0.6 is 11.8 Å². The molecule has 0 unspecified atom stereocenters. The standard InChI is InChI=1S/C24H33F3N4OS/c1-14-9-18(21(32)29-12-19-23(5,6)33-8-7-28-19)31-20-16(14)10-15(30-13-24(25,26)27)11-17(20)22(2,3)4/h9-11,19,28,30H,7-8,12-13H2,1-6H3,(H,29,32)/t19-/m1/s1. The first-order valence-corrected chi connectivity index (χ1v) is 12.1. The van der Waals surface area contributed by atoms with Crippen LogP contribution < -0.4 is 16.0 Å². The van der Waals surface area contributed by atoms with Crippen molar-refractivity contribution < 1.29 is 18.0 Å². The molecule has 1 aromatic carbocycles. The largest absolute Gasteiger partial charge is 0.405 e. The van der Waals surface area contributed by atoms with Gasteiger partial charge in [-0.1, -0.05) is 20.8 Å². The van der Waals surface area contributed by atoms with Crippen molar-refractivity contribution in [3.05, 3.63) is 35.0 Å². The van der Waals surface area contributed by atoms with Gasteiger partial charge in [-0.05, 0) is 55.5 Å². The van der Waals surface area contributed by atoms with E-state index in [4.69, 9.17) is 0 Å². The average molecular weight is 483 g/mol. The number of aryl methyl sites for hydroxylation is 1. The van der Waals surface area contributed by atoms with Gasteiger partial charge in [0.25, 0.3) is 5.91 Å². The van der Waals surface area contributed by atoms with E-state index < -0.39 is 12.7 Å². The number of carbonyl (C=O) groups excluding carboxylic acids is 1. The number of hydrogen-bond acceptors (Lipinski definition) is 5. The first-order valence-electron chi connectivity index (χ1n) is 11.1. The van der Waals surface area contributed by atoms with Crippen LogP contribution in [0.2, 0.25) is 0 Å². The first kappa shape index (κ1) is 25.6. The molecule has 1 aromatic heterocycles. The van der Waals surface area contributed by atoms with Gasteiger partial charge in [-0.3, -0.25) is 4.79 Å². The molecule has 1 atom stereocenters. The van der Waals surface area contributed by atoms with E-state index >= 15 is 0 Å². The number of nitrogens with one attached hydrogen (secondary N) is 3. The van der Waals surface area contributed by atoms with Crippen LogP contribution in [0.15, 0.2) is 18.2 Å².